The molecule has 0 heterocycles. The van der Waals surface area contributed by atoms with Gasteiger partial charge in [0.15, 0.2) is 0 Å². The number of hydrogen-bond donors (Lipinski definition) is 2. The van der Waals surface area contributed by atoms with E-state index in [1.807, 2.05) is 0 Å². The first-order valence-corrected chi connectivity index (χ1v) is 4.73. The van der Waals surface area contributed by atoms with Gasteiger partial charge in [-0.25, -0.2) is 0 Å². The molecule has 1 saturated carbocycles. The van der Waals surface area contributed by atoms with Crippen LogP contribution in [0.4, 0.5) is 0 Å². The van der Waals surface area contributed by atoms with Gasteiger partial charge in [-0.05, 0) is 18.8 Å². The van der Waals surface area contributed by atoms with Gasteiger partial charge in [0.05, 0.1) is 0 Å². The molecule has 1 aliphatic rings. The lowest BCUT2D eigenvalue weighted by molar-refractivity contribution is -0.121. The Morgan fingerprint density at radius 2 is 2.33 bits per heavy atom. The summed E-state index contributed by atoms with van der Waals surface area (Å²) in [6.07, 6.45) is 4.09. The van der Waals surface area contributed by atoms with Crippen LogP contribution in [0.3, 0.4) is 0 Å². The number of amides is 1. The van der Waals surface area contributed by atoms with Crippen LogP contribution in [0.2, 0.25) is 0 Å². The summed E-state index contributed by atoms with van der Waals surface area (Å²) in [4.78, 5) is 11.2. The van der Waals surface area contributed by atoms with Crippen molar-refractivity contribution in [2.45, 2.75) is 38.6 Å². The van der Waals surface area contributed by atoms with Crippen molar-refractivity contribution in [2.24, 2.45) is 11.7 Å². The van der Waals surface area contributed by atoms with E-state index in [0.29, 0.717) is 24.9 Å². The molecule has 3 nitrogen and oxygen atoms in total. The maximum Gasteiger partial charge on any atom is 0.221 e. The molecule has 3 heteroatoms. The zero-order valence-electron chi connectivity index (χ0n) is 7.68. The molecular weight excluding hydrogens is 152 g/mol. The number of hydrogen-bond acceptors (Lipinski definition) is 2. The molecule has 0 aromatic heterocycles. The summed E-state index contributed by atoms with van der Waals surface area (Å²) in [7, 11) is 0. The van der Waals surface area contributed by atoms with Crippen molar-refractivity contribution in [1.82, 2.24) is 5.32 Å². The van der Waals surface area contributed by atoms with E-state index in [1.165, 1.54) is 12.8 Å². The summed E-state index contributed by atoms with van der Waals surface area (Å²) in [5, 5.41) is 3.01. The largest absolute Gasteiger partial charge is 0.353 e. The molecule has 0 aromatic rings. The Labute approximate surface area is 73.7 Å². The van der Waals surface area contributed by atoms with Crippen LogP contribution in [0.5, 0.6) is 0 Å². The van der Waals surface area contributed by atoms with Crippen molar-refractivity contribution >= 4 is 5.91 Å². The molecule has 1 fully saturated rings. The molecule has 2 unspecified atom stereocenters. The zero-order chi connectivity index (χ0) is 8.97. The van der Waals surface area contributed by atoms with Crippen LogP contribution in [0, 0.1) is 5.92 Å². The Kier molecular flexibility index (Phi) is 3.53. The molecule has 0 aliphatic heterocycles. The second-order valence-electron chi connectivity index (χ2n) is 3.62. The summed E-state index contributed by atoms with van der Waals surface area (Å²) in [6, 6.07) is 0.407. The highest BCUT2D eigenvalue weighted by atomic mass is 16.1. The van der Waals surface area contributed by atoms with Gasteiger partial charge in [-0.15, -0.1) is 0 Å². The SMILES string of the molecule is CC1CCCC1NC(=O)CCN. The first kappa shape index (κ1) is 9.52. The molecule has 0 aromatic carbocycles. The second kappa shape index (κ2) is 4.45. The fourth-order valence-electron chi connectivity index (χ4n) is 1.77. The molecule has 1 rings (SSSR count). The number of carbonyl (C=O) groups is 1. The van der Waals surface area contributed by atoms with Crippen LogP contribution in [-0.2, 0) is 4.79 Å². The van der Waals surface area contributed by atoms with Gasteiger partial charge < -0.3 is 11.1 Å². The van der Waals surface area contributed by atoms with Crippen LogP contribution in [0.1, 0.15) is 32.6 Å². The third-order valence-corrected chi connectivity index (χ3v) is 2.58. The highest BCUT2D eigenvalue weighted by molar-refractivity contribution is 5.76. The molecule has 1 aliphatic carbocycles. The van der Waals surface area contributed by atoms with E-state index in [0.717, 1.165) is 6.42 Å². The Balaban J connectivity index is 2.25. The minimum Gasteiger partial charge on any atom is -0.353 e. The van der Waals surface area contributed by atoms with Crippen molar-refractivity contribution < 1.29 is 4.79 Å². The van der Waals surface area contributed by atoms with Crippen molar-refractivity contribution in [2.75, 3.05) is 6.54 Å². The van der Waals surface area contributed by atoms with Gasteiger partial charge in [0.25, 0.3) is 0 Å². The van der Waals surface area contributed by atoms with E-state index in [9.17, 15) is 4.79 Å². The first-order valence-electron chi connectivity index (χ1n) is 4.73. The van der Waals surface area contributed by atoms with Gasteiger partial charge in [-0.1, -0.05) is 13.3 Å². The molecule has 70 valence electrons. The highest BCUT2D eigenvalue weighted by Gasteiger charge is 2.24. The van der Waals surface area contributed by atoms with Gasteiger partial charge in [-0.2, -0.15) is 0 Å². The van der Waals surface area contributed by atoms with Crippen LogP contribution < -0.4 is 11.1 Å². The lowest BCUT2D eigenvalue weighted by Gasteiger charge is -2.16. The average molecular weight is 170 g/mol. The van der Waals surface area contributed by atoms with Gasteiger partial charge in [0.2, 0.25) is 5.91 Å². The van der Waals surface area contributed by atoms with E-state index >= 15 is 0 Å². The standard InChI is InChI=1S/C9H18N2O/c1-7-3-2-4-8(7)11-9(12)5-6-10/h7-8H,2-6,10H2,1H3,(H,11,12). The van der Waals surface area contributed by atoms with Crippen LogP contribution in [0.15, 0.2) is 0 Å². The zero-order valence-corrected chi connectivity index (χ0v) is 7.68. The molecule has 2 atom stereocenters. The normalized spacial score (nSPS) is 28.8. The van der Waals surface area contributed by atoms with Crippen LogP contribution in [0.25, 0.3) is 0 Å². The maximum atomic E-state index is 11.2. The third-order valence-electron chi connectivity index (χ3n) is 2.58. The van der Waals surface area contributed by atoms with Gasteiger partial charge in [0, 0.05) is 19.0 Å². The fraction of sp³-hybridized carbons (Fsp3) is 0.889. The number of carbonyl (C=O) groups excluding carboxylic acids is 1. The van der Waals surface area contributed by atoms with Gasteiger partial charge in [-0.3, -0.25) is 4.79 Å². The summed E-state index contributed by atoms with van der Waals surface area (Å²) >= 11 is 0. The van der Waals surface area contributed by atoms with Crippen LogP contribution >= 0.6 is 0 Å². The Morgan fingerprint density at radius 3 is 2.83 bits per heavy atom. The quantitative estimate of drug-likeness (QED) is 0.653. The van der Waals surface area contributed by atoms with Crippen molar-refractivity contribution in [1.29, 1.82) is 0 Å². The van der Waals surface area contributed by atoms with Crippen molar-refractivity contribution in [3.05, 3.63) is 0 Å². The highest BCUT2D eigenvalue weighted by Crippen LogP contribution is 2.24. The number of rotatable bonds is 3. The average Bonchev–Trinajstić information content (AvgIpc) is 2.37. The summed E-state index contributed by atoms with van der Waals surface area (Å²) in [5.74, 6) is 0.753. The van der Waals surface area contributed by atoms with Crippen molar-refractivity contribution in [3.8, 4) is 0 Å². The number of nitrogens with one attached hydrogen (secondary N) is 1. The summed E-state index contributed by atoms with van der Waals surface area (Å²) in [5.41, 5.74) is 5.28. The third kappa shape index (κ3) is 2.48. The Bertz CT molecular complexity index is 159. The van der Waals surface area contributed by atoms with Crippen LogP contribution in [-0.4, -0.2) is 18.5 Å². The predicted octanol–water partition coefficient (Wildman–Crippen LogP) is 0.640. The molecule has 0 saturated heterocycles. The summed E-state index contributed by atoms with van der Waals surface area (Å²) < 4.78 is 0. The second-order valence-corrected chi connectivity index (χ2v) is 3.62. The first-order chi connectivity index (χ1) is 5.74. The van der Waals surface area contributed by atoms with E-state index in [4.69, 9.17) is 5.73 Å². The van der Waals surface area contributed by atoms with Crippen molar-refractivity contribution in [3.63, 3.8) is 0 Å². The van der Waals surface area contributed by atoms with E-state index in [2.05, 4.69) is 12.2 Å². The molecule has 0 radical (unpaired) electrons. The maximum absolute atomic E-state index is 11.2. The monoisotopic (exact) mass is 170 g/mol. The fourth-order valence-corrected chi connectivity index (χ4v) is 1.77. The Morgan fingerprint density at radius 1 is 1.58 bits per heavy atom. The lowest BCUT2D eigenvalue weighted by atomic mass is 10.1. The number of nitrogens with two attached hydrogens (primary N) is 1. The molecular formula is C9H18N2O. The predicted molar refractivity (Wildman–Crippen MR) is 48.6 cm³/mol. The molecule has 0 spiro atoms. The van der Waals surface area contributed by atoms with E-state index in [-0.39, 0.29) is 5.91 Å². The van der Waals surface area contributed by atoms with E-state index < -0.39 is 0 Å². The van der Waals surface area contributed by atoms with E-state index in [1.54, 1.807) is 0 Å². The topological polar surface area (TPSA) is 55.1 Å². The lowest BCUT2D eigenvalue weighted by Crippen LogP contribution is -2.37. The molecule has 0 bridgehead atoms. The van der Waals surface area contributed by atoms with Gasteiger partial charge in [0.1, 0.15) is 0 Å². The molecule has 1 amide bonds. The smallest absolute Gasteiger partial charge is 0.221 e. The Hall–Kier alpha value is -0.570. The molecule has 3 N–H and O–H groups in total. The minimum absolute atomic E-state index is 0.108. The minimum atomic E-state index is 0.108. The summed E-state index contributed by atoms with van der Waals surface area (Å²) in [6.45, 7) is 2.65. The van der Waals surface area contributed by atoms with Gasteiger partial charge >= 0.3 is 0 Å². The molecule has 12 heavy (non-hydrogen) atoms.